The summed E-state index contributed by atoms with van der Waals surface area (Å²) in [5, 5.41) is 12.3. The molecule has 0 aromatic heterocycles. The summed E-state index contributed by atoms with van der Waals surface area (Å²) in [5.41, 5.74) is 0.891. The molecule has 31 heavy (non-hydrogen) atoms. The van der Waals surface area contributed by atoms with Crippen molar-refractivity contribution in [2.45, 2.75) is 57.6 Å². The molecule has 1 aliphatic carbocycles. The van der Waals surface area contributed by atoms with Gasteiger partial charge in [0.2, 0.25) is 0 Å². The van der Waals surface area contributed by atoms with Crippen molar-refractivity contribution in [3.63, 3.8) is 0 Å². The van der Waals surface area contributed by atoms with Crippen LogP contribution < -0.4 is 5.32 Å². The number of hydrogen-bond acceptors (Lipinski definition) is 5. The highest BCUT2D eigenvalue weighted by molar-refractivity contribution is 6.14. The second-order valence-corrected chi connectivity index (χ2v) is 8.03. The summed E-state index contributed by atoms with van der Waals surface area (Å²) in [7, 11) is 0. The fourth-order valence-electron chi connectivity index (χ4n) is 3.75. The number of nitriles is 1. The average Bonchev–Trinajstić information content (AvgIpc) is 2.79. The third kappa shape index (κ3) is 5.18. The Bertz CT molecular complexity index is 1010. The summed E-state index contributed by atoms with van der Waals surface area (Å²) < 4.78 is 5.36. The van der Waals surface area contributed by atoms with Crippen LogP contribution in [0.2, 0.25) is 0 Å². The summed E-state index contributed by atoms with van der Waals surface area (Å²) in [4.78, 5) is 38.3. The number of carbonyl (C=O) groups is 3. The zero-order valence-corrected chi connectivity index (χ0v) is 17.8. The van der Waals surface area contributed by atoms with Crippen LogP contribution >= 0.6 is 0 Å². The lowest BCUT2D eigenvalue weighted by Crippen LogP contribution is -2.52. The summed E-state index contributed by atoms with van der Waals surface area (Å²) in [6, 6.07) is 15.7. The minimum atomic E-state index is -1.10. The standard InChI is InChI=1S/C25H26N2O4/c1-17-10-12-19(13-11-17)22(28)20-8-4-5-9-21(20)24(30)31-18(2)23(29)27-25(16-26)14-6-3-7-15-25/h4-5,8-13,18H,3,6-7,14-15H2,1-2H3,(H,27,29)/t18-/m1/s1. The molecule has 1 saturated carbocycles. The molecule has 1 amide bonds. The molecule has 1 atom stereocenters. The topological polar surface area (TPSA) is 96.3 Å². The van der Waals surface area contributed by atoms with Gasteiger partial charge >= 0.3 is 5.97 Å². The smallest absolute Gasteiger partial charge is 0.339 e. The molecule has 3 rings (SSSR count). The van der Waals surface area contributed by atoms with Crippen LogP contribution in [0.4, 0.5) is 0 Å². The van der Waals surface area contributed by atoms with E-state index in [0.717, 1.165) is 24.8 Å². The number of amides is 1. The molecule has 6 nitrogen and oxygen atoms in total. The van der Waals surface area contributed by atoms with Crippen LogP contribution in [0, 0.1) is 18.3 Å². The van der Waals surface area contributed by atoms with E-state index in [-0.39, 0.29) is 16.9 Å². The first-order chi connectivity index (χ1) is 14.8. The van der Waals surface area contributed by atoms with Crippen LogP contribution in [0.1, 0.15) is 70.9 Å². The van der Waals surface area contributed by atoms with E-state index in [2.05, 4.69) is 11.4 Å². The van der Waals surface area contributed by atoms with E-state index >= 15 is 0 Å². The Morgan fingerprint density at radius 3 is 2.23 bits per heavy atom. The van der Waals surface area contributed by atoms with E-state index in [1.54, 1.807) is 30.3 Å². The van der Waals surface area contributed by atoms with Crippen molar-refractivity contribution < 1.29 is 19.1 Å². The van der Waals surface area contributed by atoms with Gasteiger partial charge in [-0.3, -0.25) is 9.59 Å². The Balaban J connectivity index is 1.73. The lowest BCUT2D eigenvalue weighted by molar-refractivity contribution is -0.130. The maximum absolute atomic E-state index is 12.9. The van der Waals surface area contributed by atoms with Gasteiger partial charge in [0.15, 0.2) is 11.9 Å². The van der Waals surface area contributed by atoms with Crippen molar-refractivity contribution in [1.29, 1.82) is 5.26 Å². The number of rotatable bonds is 6. The highest BCUT2D eigenvalue weighted by Gasteiger charge is 2.35. The van der Waals surface area contributed by atoms with Gasteiger partial charge in [0, 0.05) is 11.1 Å². The molecular weight excluding hydrogens is 392 g/mol. The Kier molecular flexibility index (Phi) is 6.86. The molecular formula is C25H26N2O4. The Hall–Kier alpha value is -3.46. The minimum absolute atomic E-state index is 0.0976. The van der Waals surface area contributed by atoms with E-state index < -0.39 is 23.5 Å². The van der Waals surface area contributed by atoms with Crippen molar-refractivity contribution in [3.8, 4) is 6.07 Å². The summed E-state index contributed by atoms with van der Waals surface area (Å²) in [6.45, 7) is 3.39. The second-order valence-electron chi connectivity index (χ2n) is 8.03. The molecule has 0 radical (unpaired) electrons. The van der Waals surface area contributed by atoms with Crippen LogP contribution in [0.15, 0.2) is 48.5 Å². The molecule has 2 aromatic rings. The van der Waals surface area contributed by atoms with Gasteiger partial charge in [-0.2, -0.15) is 5.26 Å². The molecule has 0 bridgehead atoms. The van der Waals surface area contributed by atoms with Gasteiger partial charge in [0.1, 0.15) is 5.54 Å². The number of ether oxygens (including phenoxy) is 1. The fourth-order valence-corrected chi connectivity index (χ4v) is 3.75. The number of hydrogen-bond donors (Lipinski definition) is 1. The van der Waals surface area contributed by atoms with Crippen LogP contribution in [0.5, 0.6) is 0 Å². The average molecular weight is 418 g/mol. The molecule has 1 fully saturated rings. The normalized spacial score (nSPS) is 15.9. The lowest BCUT2D eigenvalue weighted by Gasteiger charge is -2.32. The monoisotopic (exact) mass is 418 g/mol. The zero-order valence-electron chi connectivity index (χ0n) is 17.8. The number of benzene rings is 2. The summed E-state index contributed by atoms with van der Waals surface area (Å²) in [6.07, 6.45) is 2.86. The van der Waals surface area contributed by atoms with Gasteiger partial charge in [-0.15, -0.1) is 0 Å². The number of ketones is 1. The molecule has 0 aliphatic heterocycles. The number of esters is 1. The van der Waals surface area contributed by atoms with Gasteiger partial charge in [-0.05, 0) is 32.8 Å². The summed E-state index contributed by atoms with van der Waals surface area (Å²) >= 11 is 0. The predicted octanol–water partition coefficient (Wildman–Crippen LogP) is 4.11. The van der Waals surface area contributed by atoms with E-state index in [0.29, 0.717) is 18.4 Å². The third-order valence-electron chi connectivity index (χ3n) is 5.64. The number of carbonyl (C=O) groups excluding carboxylic acids is 3. The van der Waals surface area contributed by atoms with E-state index in [9.17, 15) is 19.6 Å². The SMILES string of the molecule is Cc1ccc(C(=O)c2ccccc2C(=O)O[C@H](C)C(=O)NC2(C#N)CCCCC2)cc1. The molecule has 1 N–H and O–H groups in total. The maximum Gasteiger partial charge on any atom is 0.339 e. The van der Waals surface area contributed by atoms with E-state index in [1.165, 1.54) is 13.0 Å². The van der Waals surface area contributed by atoms with Crippen molar-refractivity contribution >= 4 is 17.7 Å². The molecule has 0 unspecified atom stereocenters. The Morgan fingerprint density at radius 2 is 1.61 bits per heavy atom. The lowest BCUT2D eigenvalue weighted by atomic mass is 9.83. The predicted molar refractivity (Wildman–Crippen MR) is 116 cm³/mol. The van der Waals surface area contributed by atoms with Crippen molar-refractivity contribution in [1.82, 2.24) is 5.32 Å². The molecule has 0 heterocycles. The Labute approximate surface area is 182 Å². The molecule has 1 aliphatic rings. The molecule has 6 heteroatoms. The highest BCUT2D eigenvalue weighted by Crippen LogP contribution is 2.27. The number of nitrogens with zero attached hydrogens (tertiary/aromatic N) is 1. The van der Waals surface area contributed by atoms with Gasteiger partial charge in [-0.25, -0.2) is 4.79 Å². The molecule has 0 spiro atoms. The van der Waals surface area contributed by atoms with Crippen LogP contribution in [0.3, 0.4) is 0 Å². The van der Waals surface area contributed by atoms with Crippen molar-refractivity contribution in [2.24, 2.45) is 0 Å². The quantitative estimate of drug-likeness (QED) is 0.562. The van der Waals surface area contributed by atoms with Crippen LogP contribution in [-0.4, -0.2) is 29.3 Å². The molecule has 160 valence electrons. The fraction of sp³-hybridized carbons (Fsp3) is 0.360. The maximum atomic E-state index is 12.9. The first-order valence-electron chi connectivity index (χ1n) is 10.5. The van der Waals surface area contributed by atoms with Crippen LogP contribution in [-0.2, 0) is 9.53 Å². The zero-order chi connectivity index (χ0) is 22.4. The number of aryl methyl sites for hydroxylation is 1. The Morgan fingerprint density at radius 1 is 1.00 bits per heavy atom. The largest absolute Gasteiger partial charge is 0.449 e. The third-order valence-corrected chi connectivity index (χ3v) is 5.64. The van der Waals surface area contributed by atoms with Crippen molar-refractivity contribution in [2.75, 3.05) is 0 Å². The molecule has 0 saturated heterocycles. The first kappa shape index (κ1) is 22.2. The number of nitrogens with one attached hydrogen (secondary N) is 1. The van der Waals surface area contributed by atoms with Gasteiger partial charge in [-0.1, -0.05) is 67.3 Å². The van der Waals surface area contributed by atoms with E-state index in [4.69, 9.17) is 4.74 Å². The van der Waals surface area contributed by atoms with Gasteiger partial charge in [0.25, 0.3) is 5.91 Å². The van der Waals surface area contributed by atoms with Crippen LogP contribution in [0.25, 0.3) is 0 Å². The van der Waals surface area contributed by atoms with Crippen molar-refractivity contribution in [3.05, 3.63) is 70.8 Å². The van der Waals surface area contributed by atoms with Gasteiger partial charge < -0.3 is 10.1 Å². The summed E-state index contributed by atoms with van der Waals surface area (Å²) in [5.74, 6) is -1.57. The highest BCUT2D eigenvalue weighted by atomic mass is 16.5. The minimum Gasteiger partial charge on any atom is -0.449 e. The van der Waals surface area contributed by atoms with E-state index in [1.807, 2.05) is 19.1 Å². The second kappa shape index (κ2) is 9.57. The first-order valence-corrected chi connectivity index (χ1v) is 10.5. The van der Waals surface area contributed by atoms with Gasteiger partial charge in [0.05, 0.1) is 11.6 Å². The molecule has 2 aromatic carbocycles.